The van der Waals surface area contributed by atoms with Crippen LogP contribution >= 0.6 is 0 Å². The lowest BCUT2D eigenvalue weighted by Gasteiger charge is -2.41. The number of piperidine rings is 1. The number of rotatable bonds is 4. The van der Waals surface area contributed by atoms with Crippen molar-refractivity contribution in [2.75, 3.05) is 18.0 Å². The monoisotopic (exact) mass is 440 g/mol. The molecule has 0 unspecified atom stereocenters. The Hall–Kier alpha value is -2.95. The molecule has 0 spiro atoms. The summed E-state index contributed by atoms with van der Waals surface area (Å²) in [4.78, 5) is 15.1. The normalized spacial score (nSPS) is 22.8. The second kappa shape index (κ2) is 8.44. The van der Waals surface area contributed by atoms with Gasteiger partial charge in [-0.15, -0.1) is 5.10 Å². The van der Waals surface area contributed by atoms with Crippen LogP contribution in [0, 0.1) is 18.8 Å². The molecule has 1 N–H and O–H groups in total. The van der Waals surface area contributed by atoms with Crippen LogP contribution in [-0.2, 0) is 0 Å². The Kier molecular flexibility index (Phi) is 5.28. The molecule has 2 aliphatic carbocycles. The van der Waals surface area contributed by atoms with Crippen LogP contribution in [0.15, 0.2) is 42.6 Å². The molecule has 2 aromatic carbocycles. The standard InChI is InChI=1S/C28H32N4O/c1-18-6-7-21(28(33)30-24-9-10-24)15-26(18)20-8-11-25-23(14-20)16-29-31-27(25)32-13-12-19-4-2-3-5-22(19)17-32/h6-8,11,14-16,19,22,24H,2-5,9-10,12-13,17H2,1H3,(H,30,33)/t19-,22+/m0/s1. The number of hydrogen-bond donors (Lipinski definition) is 1. The molecule has 6 rings (SSSR count). The zero-order valence-electron chi connectivity index (χ0n) is 19.4. The summed E-state index contributed by atoms with van der Waals surface area (Å²) in [5, 5.41) is 14.3. The molecule has 2 saturated carbocycles. The number of benzene rings is 2. The van der Waals surface area contributed by atoms with Crippen molar-refractivity contribution in [3.63, 3.8) is 0 Å². The maximum atomic E-state index is 12.6. The molecule has 170 valence electrons. The summed E-state index contributed by atoms with van der Waals surface area (Å²) in [6.07, 6.45) is 10.9. The summed E-state index contributed by atoms with van der Waals surface area (Å²) in [6.45, 7) is 4.29. The van der Waals surface area contributed by atoms with Crippen LogP contribution in [0.4, 0.5) is 5.82 Å². The lowest BCUT2D eigenvalue weighted by Crippen LogP contribution is -2.42. The molecule has 1 saturated heterocycles. The van der Waals surface area contributed by atoms with E-state index in [1.165, 1.54) is 43.1 Å². The number of anilines is 1. The number of nitrogens with one attached hydrogen (secondary N) is 1. The summed E-state index contributed by atoms with van der Waals surface area (Å²) in [5.74, 6) is 2.75. The van der Waals surface area contributed by atoms with Crippen LogP contribution < -0.4 is 10.2 Å². The van der Waals surface area contributed by atoms with E-state index in [9.17, 15) is 4.79 Å². The van der Waals surface area contributed by atoms with Crippen molar-refractivity contribution in [2.24, 2.45) is 11.8 Å². The Morgan fingerprint density at radius 2 is 1.85 bits per heavy atom. The first kappa shape index (κ1) is 20.6. The molecule has 3 fully saturated rings. The van der Waals surface area contributed by atoms with Gasteiger partial charge in [-0.2, -0.15) is 5.10 Å². The molecular weight excluding hydrogens is 408 g/mol. The highest BCUT2D eigenvalue weighted by Crippen LogP contribution is 2.39. The van der Waals surface area contributed by atoms with Gasteiger partial charge >= 0.3 is 0 Å². The van der Waals surface area contributed by atoms with Gasteiger partial charge in [0.1, 0.15) is 0 Å². The second-order valence-corrected chi connectivity index (χ2v) is 10.3. The molecule has 2 heterocycles. The third-order valence-electron chi connectivity index (χ3n) is 7.96. The molecule has 33 heavy (non-hydrogen) atoms. The van der Waals surface area contributed by atoms with E-state index in [0.717, 1.165) is 65.7 Å². The molecular formula is C28H32N4O. The number of amides is 1. The van der Waals surface area contributed by atoms with Gasteiger partial charge < -0.3 is 10.2 Å². The van der Waals surface area contributed by atoms with Crippen LogP contribution in [0.2, 0.25) is 0 Å². The van der Waals surface area contributed by atoms with Crippen molar-refractivity contribution in [1.82, 2.24) is 15.5 Å². The number of aryl methyl sites for hydroxylation is 1. The largest absolute Gasteiger partial charge is 0.354 e. The van der Waals surface area contributed by atoms with E-state index in [2.05, 4.69) is 45.5 Å². The van der Waals surface area contributed by atoms with Crippen LogP contribution in [0.5, 0.6) is 0 Å². The quantitative estimate of drug-likeness (QED) is 0.581. The van der Waals surface area contributed by atoms with E-state index < -0.39 is 0 Å². The van der Waals surface area contributed by atoms with Gasteiger partial charge in [0.15, 0.2) is 5.82 Å². The van der Waals surface area contributed by atoms with Crippen molar-refractivity contribution in [1.29, 1.82) is 0 Å². The van der Waals surface area contributed by atoms with E-state index in [0.29, 0.717) is 6.04 Å². The van der Waals surface area contributed by atoms with Gasteiger partial charge in [0.2, 0.25) is 0 Å². The minimum atomic E-state index is 0.0267. The smallest absolute Gasteiger partial charge is 0.251 e. The predicted molar refractivity (Wildman–Crippen MR) is 132 cm³/mol. The fourth-order valence-electron chi connectivity index (χ4n) is 5.84. The van der Waals surface area contributed by atoms with E-state index in [1.807, 2.05) is 24.4 Å². The molecule has 0 radical (unpaired) electrons. The SMILES string of the molecule is Cc1ccc(C(=O)NC2CC2)cc1-c1ccc2c(N3CC[C@@H]4CCCC[C@@H]4C3)nncc2c1. The summed E-state index contributed by atoms with van der Waals surface area (Å²) in [7, 11) is 0. The van der Waals surface area contributed by atoms with E-state index in [1.54, 1.807) is 0 Å². The number of hydrogen-bond acceptors (Lipinski definition) is 4. The van der Waals surface area contributed by atoms with Gasteiger partial charge in [-0.3, -0.25) is 4.79 Å². The topological polar surface area (TPSA) is 58.1 Å². The molecule has 5 heteroatoms. The second-order valence-electron chi connectivity index (χ2n) is 10.3. The fourth-order valence-corrected chi connectivity index (χ4v) is 5.84. The van der Waals surface area contributed by atoms with Crippen LogP contribution in [0.3, 0.4) is 0 Å². The Morgan fingerprint density at radius 3 is 2.70 bits per heavy atom. The van der Waals surface area contributed by atoms with Crippen LogP contribution in [0.25, 0.3) is 21.9 Å². The Bertz CT molecular complexity index is 1200. The average Bonchev–Trinajstić information content (AvgIpc) is 3.67. The maximum Gasteiger partial charge on any atom is 0.251 e. The predicted octanol–water partition coefficient (Wildman–Crippen LogP) is 5.51. The van der Waals surface area contributed by atoms with E-state index >= 15 is 0 Å². The van der Waals surface area contributed by atoms with Gasteiger partial charge in [0.25, 0.3) is 5.91 Å². The maximum absolute atomic E-state index is 12.6. The molecule has 0 bridgehead atoms. The molecule has 1 amide bonds. The number of nitrogens with zero attached hydrogens (tertiary/aromatic N) is 3. The van der Waals surface area contributed by atoms with Gasteiger partial charge in [-0.1, -0.05) is 31.4 Å². The van der Waals surface area contributed by atoms with Crippen molar-refractivity contribution in [2.45, 2.75) is 57.9 Å². The fraction of sp³-hybridized carbons (Fsp3) is 0.464. The molecule has 3 aromatic rings. The highest BCUT2D eigenvalue weighted by atomic mass is 16.1. The van der Waals surface area contributed by atoms with Crippen LogP contribution in [-0.4, -0.2) is 35.2 Å². The van der Waals surface area contributed by atoms with Crippen LogP contribution in [0.1, 0.15) is 60.9 Å². The van der Waals surface area contributed by atoms with E-state index in [4.69, 9.17) is 0 Å². The number of carbonyl (C=O) groups excluding carboxylic acids is 1. The summed E-state index contributed by atoms with van der Waals surface area (Å²) < 4.78 is 0. The third-order valence-corrected chi connectivity index (χ3v) is 7.96. The molecule has 1 aromatic heterocycles. The number of fused-ring (bicyclic) bond motifs is 2. The van der Waals surface area contributed by atoms with Crippen molar-refractivity contribution in [3.8, 4) is 11.1 Å². The summed E-state index contributed by atoms with van der Waals surface area (Å²) >= 11 is 0. The van der Waals surface area contributed by atoms with Gasteiger partial charge in [-0.25, -0.2) is 0 Å². The highest BCUT2D eigenvalue weighted by molar-refractivity contribution is 5.98. The lowest BCUT2D eigenvalue weighted by atomic mass is 9.75. The zero-order chi connectivity index (χ0) is 22.4. The van der Waals surface area contributed by atoms with Crippen molar-refractivity contribution < 1.29 is 4.79 Å². The lowest BCUT2D eigenvalue weighted by molar-refractivity contribution is 0.0951. The van der Waals surface area contributed by atoms with Crippen molar-refractivity contribution >= 4 is 22.5 Å². The first-order valence-corrected chi connectivity index (χ1v) is 12.6. The van der Waals surface area contributed by atoms with Gasteiger partial charge in [0, 0.05) is 35.5 Å². The zero-order valence-corrected chi connectivity index (χ0v) is 19.4. The van der Waals surface area contributed by atoms with Gasteiger partial charge in [0.05, 0.1) is 6.20 Å². The minimum absolute atomic E-state index is 0.0267. The van der Waals surface area contributed by atoms with E-state index in [-0.39, 0.29) is 5.91 Å². The minimum Gasteiger partial charge on any atom is -0.354 e. The molecule has 3 aliphatic rings. The number of aromatic nitrogens is 2. The average molecular weight is 441 g/mol. The first-order valence-electron chi connectivity index (χ1n) is 12.6. The molecule has 1 aliphatic heterocycles. The third kappa shape index (κ3) is 4.09. The van der Waals surface area contributed by atoms with Crippen molar-refractivity contribution in [3.05, 3.63) is 53.7 Å². The number of carbonyl (C=O) groups is 1. The molecule has 2 atom stereocenters. The summed E-state index contributed by atoms with van der Waals surface area (Å²) in [5.41, 5.74) is 4.11. The Morgan fingerprint density at radius 1 is 1.00 bits per heavy atom. The first-order chi connectivity index (χ1) is 16.2. The Labute approximate surface area is 195 Å². The highest BCUT2D eigenvalue weighted by Gasteiger charge is 2.32. The summed E-state index contributed by atoms with van der Waals surface area (Å²) in [6, 6.07) is 12.9. The van der Waals surface area contributed by atoms with Gasteiger partial charge in [-0.05, 0) is 85.4 Å². The Balaban J connectivity index is 1.31. The molecule has 5 nitrogen and oxygen atoms in total.